The van der Waals surface area contributed by atoms with Gasteiger partial charge in [0.25, 0.3) is 0 Å². The maximum atomic E-state index is 12.5. The van der Waals surface area contributed by atoms with Crippen LogP contribution in [-0.4, -0.2) is 20.5 Å². The van der Waals surface area contributed by atoms with Gasteiger partial charge >= 0.3 is 0 Å². The fourth-order valence-corrected chi connectivity index (χ4v) is 3.30. The van der Waals surface area contributed by atoms with Crippen molar-refractivity contribution in [2.45, 2.75) is 23.7 Å². The molecule has 0 saturated heterocycles. The van der Waals surface area contributed by atoms with Crippen LogP contribution in [0.2, 0.25) is 0 Å². The second-order valence-corrected chi connectivity index (χ2v) is 6.79. The van der Waals surface area contributed by atoms with Crippen LogP contribution in [0.4, 0.5) is 0 Å². The van der Waals surface area contributed by atoms with Gasteiger partial charge in [0.15, 0.2) is 9.84 Å². The van der Waals surface area contributed by atoms with Crippen molar-refractivity contribution in [2.24, 2.45) is 0 Å². The molecule has 0 N–H and O–H groups in total. The van der Waals surface area contributed by atoms with Crippen LogP contribution >= 0.6 is 0 Å². The molecule has 2 rings (SSSR count). The minimum atomic E-state index is -3.43. The van der Waals surface area contributed by atoms with Crippen LogP contribution in [-0.2, 0) is 21.2 Å². The van der Waals surface area contributed by atoms with E-state index in [9.17, 15) is 8.42 Å². The van der Waals surface area contributed by atoms with Crippen molar-refractivity contribution >= 4 is 9.84 Å². The van der Waals surface area contributed by atoms with Crippen LogP contribution in [0.3, 0.4) is 0 Å². The van der Waals surface area contributed by atoms with Crippen molar-refractivity contribution in [3.05, 3.63) is 59.9 Å². The first-order valence-corrected chi connectivity index (χ1v) is 7.83. The highest BCUT2D eigenvalue weighted by molar-refractivity contribution is 7.91. The molecular weight excluding hydrogens is 274 g/mol. The summed E-state index contributed by atoms with van der Waals surface area (Å²) in [7, 11) is -1.82. The van der Waals surface area contributed by atoms with Crippen LogP contribution in [0, 0.1) is 0 Å². The fourth-order valence-electron chi connectivity index (χ4n) is 1.92. The average molecular weight is 291 g/mol. The van der Waals surface area contributed by atoms with E-state index in [4.69, 9.17) is 4.74 Å². The molecule has 0 aliphatic heterocycles. The second kappa shape index (κ2) is 6.15. The summed E-state index contributed by atoms with van der Waals surface area (Å²) in [5, 5.41) is -0.669. The van der Waals surface area contributed by atoms with Gasteiger partial charge in [0.1, 0.15) is 5.25 Å². The summed E-state index contributed by atoms with van der Waals surface area (Å²) < 4.78 is 30.1. The van der Waals surface area contributed by atoms with Crippen LogP contribution in [0.15, 0.2) is 53.6 Å². The number of hydrogen-bond acceptors (Lipinski definition) is 4. The lowest BCUT2D eigenvalue weighted by molar-refractivity contribution is 0.185. The zero-order valence-corrected chi connectivity index (χ0v) is 12.3. The Morgan fingerprint density at radius 1 is 1.15 bits per heavy atom. The van der Waals surface area contributed by atoms with Crippen molar-refractivity contribution in [3.63, 3.8) is 0 Å². The molecule has 2 aromatic rings. The molecule has 0 radical (unpaired) electrons. The summed E-state index contributed by atoms with van der Waals surface area (Å²) in [4.78, 5) is 4.42. The van der Waals surface area contributed by atoms with Crippen LogP contribution in [0.1, 0.15) is 23.4 Å². The molecular formula is C15H17NO3S. The molecule has 20 heavy (non-hydrogen) atoms. The Morgan fingerprint density at radius 2 is 1.85 bits per heavy atom. The van der Waals surface area contributed by atoms with Gasteiger partial charge in [-0.2, -0.15) is 0 Å². The third-order valence-corrected chi connectivity index (χ3v) is 5.23. The molecule has 1 heterocycles. The number of methoxy groups -OCH3 is 1. The van der Waals surface area contributed by atoms with E-state index in [2.05, 4.69) is 4.98 Å². The van der Waals surface area contributed by atoms with E-state index in [-0.39, 0.29) is 0 Å². The lowest BCUT2D eigenvalue weighted by Crippen LogP contribution is -2.12. The molecule has 0 bridgehead atoms. The maximum absolute atomic E-state index is 12.5. The second-order valence-electron chi connectivity index (χ2n) is 4.52. The minimum Gasteiger partial charge on any atom is -0.380 e. The van der Waals surface area contributed by atoms with E-state index in [0.717, 1.165) is 5.56 Å². The highest BCUT2D eigenvalue weighted by Gasteiger charge is 2.25. The van der Waals surface area contributed by atoms with Gasteiger partial charge in [-0.1, -0.05) is 18.2 Å². The fraction of sp³-hybridized carbons (Fsp3) is 0.267. The first-order valence-electron chi connectivity index (χ1n) is 6.28. The number of hydrogen-bond donors (Lipinski definition) is 0. The first kappa shape index (κ1) is 14.7. The number of nitrogens with zero attached hydrogens (tertiary/aromatic N) is 1. The number of rotatable bonds is 5. The van der Waals surface area contributed by atoms with Crippen molar-refractivity contribution in [1.82, 2.24) is 4.98 Å². The Labute approximate surface area is 119 Å². The van der Waals surface area contributed by atoms with Gasteiger partial charge < -0.3 is 4.74 Å². The van der Waals surface area contributed by atoms with Crippen molar-refractivity contribution < 1.29 is 13.2 Å². The Morgan fingerprint density at radius 3 is 2.40 bits per heavy atom. The predicted octanol–water partition coefficient (Wildman–Crippen LogP) is 2.76. The summed E-state index contributed by atoms with van der Waals surface area (Å²) in [6.07, 6.45) is 1.60. The minimum absolute atomic E-state index is 0.301. The van der Waals surface area contributed by atoms with E-state index in [1.54, 1.807) is 62.7 Å². The number of pyridine rings is 1. The zero-order valence-electron chi connectivity index (χ0n) is 11.5. The van der Waals surface area contributed by atoms with Gasteiger partial charge in [-0.05, 0) is 36.8 Å². The molecule has 0 spiro atoms. The van der Waals surface area contributed by atoms with E-state index < -0.39 is 15.1 Å². The molecule has 0 fully saturated rings. The van der Waals surface area contributed by atoms with Gasteiger partial charge in [0.2, 0.25) is 0 Å². The predicted molar refractivity (Wildman–Crippen MR) is 77.0 cm³/mol. The first-order chi connectivity index (χ1) is 9.55. The van der Waals surface area contributed by atoms with E-state index in [1.165, 1.54) is 0 Å². The molecule has 0 aliphatic rings. The van der Waals surface area contributed by atoms with Crippen LogP contribution < -0.4 is 0 Å². The molecule has 4 nitrogen and oxygen atoms in total. The summed E-state index contributed by atoms with van der Waals surface area (Å²) in [5.74, 6) is 0. The molecule has 0 amide bonds. The van der Waals surface area contributed by atoms with Crippen molar-refractivity contribution in [1.29, 1.82) is 0 Å². The van der Waals surface area contributed by atoms with E-state index in [1.807, 2.05) is 0 Å². The smallest absolute Gasteiger partial charge is 0.186 e. The number of aromatic nitrogens is 1. The molecule has 1 atom stereocenters. The Balaban J connectivity index is 2.30. The third kappa shape index (κ3) is 3.05. The SMILES string of the molecule is COCc1ccc(S(=O)(=O)C(C)c2ccccn2)cc1. The van der Waals surface area contributed by atoms with Gasteiger partial charge in [-0.15, -0.1) is 0 Å². The zero-order chi connectivity index (χ0) is 14.6. The molecule has 1 aromatic heterocycles. The topological polar surface area (TPSA) is 56.3 Å². The largest absolute Gasteiger partial charge is 0.380 e. The molecule has 0 aliphatic carbocycles. The normalized spacial score (nSPS) is 13.1. The lowest BCUT2D eigenvalue weighted by atomic mass is 10.2. The number of ether oxygens (including phenoxy) is 1. The Hall–Kier alpha value is -1.72. The Bertz CT molecular complexity index is 651. The number of sulfone groups is 1. The monoisotopic (exact) mass is 291 g/mol. The quantitative estimate of drug-likeness (QED) is 0.850. The molecule has 5 heteroatoms. The Kier molecular flexibility index (Phi) is 4.52. The third-order valence-electron chi connectivity index (χ3n) is 3.13. The molecule has 106 valence electrons. The van der Waals surface area contributed by atoms with Gasteiger partial charge in [-0.3, -0.25) is 4.98 Å². The standard InChI is InChI=1S/C15H17NO3S/c1-12(15-5-3-4-10-16-15)20(17,18)14-8-6-13(7-9-14)11-19-2/h3-10,12H,11H2,1-2H3. The van der Waals surface area contributed by atoms with Crippen molar-refractivity contribution in [2.75, 3.05) is 7.11 Å². The van der Waals surface area contributed by atoms with Crippen LogP contribution in [0.25, 0.3) is 0 Å². The van der Waals surface area contributed by atoms with Crippen LogP contribution in [0.5, 0.6) is 0 Å². The van der Waals surface area contributed by atoms with E-state index in [0.29, 0.717) is 17.2 Å². The maximum Gasteiger partial charge on any atom is 0.186 e. The molecule has 1 unspecified atom stereocenters. The average Bonchev–Trinajstić information content (AvgIpc) is 2.48. The summed E-state index contributed by atoms with van der Waals surface area (Å²) in [5.41, 5.74) is 1.49. The van der Waals surface area contributed by atoms with E-state index >= 15 is 0 Å². The number of benzene rings is 1. The van der Waals surface area contributed by atoms with Gasteiger partial charge in [0.05, 0.1) is 17.2 Å². The van der Waals surface area contributed by atoms with Gasteiger partial charge in [0, 0.05) is 13.3 Å². The summed E-state index contributed by atoms with van der Waals surface area (Å²) in [6.45, 7) is 2.12. The lowest BCUT2D eigenvalue weighted by Gasteiger charge is -2.12. The van der Waals surface area contributed by atoms with Gasteiger partial charge in [-0.25, -0.2) is 8.42 Å². The highest BCUT2D eigenvalue weighted by Crippen LogP contribution is 2.27. The van der Waals surface area contributed by atoms with Crippen molar-refractivity contribution in [3.8, 4) is 0 Å². The summed E-state index contributed by atoms with van der Waals surface area (Å²) >= 11 is 0. The molecule has 1 aromatic carbocycles. The summed E-state index contributed by atoms with van der Waals surface area (Å²) in [6, 6.07) is 12.0. The molecule has 0 saturated carbocycles. The highest BCUT2D eigenvalue weighted by atomic mass is 32.2.